The second-order valence-corrected chi connectivity index (χ2v) is 6.14. The molecule has 0 aliphatic rings. The number of esters is 1. The monoisotopic (exact) mass is 362 g/mol. The number of carbonyl (C=O) groups excluding carboxylic acids is 2. The van der Waals surface area contributed by atoms with E-state index in [9.17, 15) is 9.59 Å². The standard InChI is InChI=1S/C19H23ClN2O3/c1-5-22-13(4)16(12(3)17(22)19(24)25-6-2)18(23)21-11-14-7-9-15(20)10-8-14/h7-10H,5-6,11H2,1-4H3,(H,21,23). The third-order valence-corrected chi connectivity index (χ3v) is 4.40. The largest absolute Gasteiger partial charge is 0.461 e. The molecule has 1 aromatic carbocycles. The van der Waals surface area contributed by atoms with Gasteiger partial charge in [0.1, 0.15) is 5.69 Å². The molecular weight excluding hydrogens is 340 g/mol. The predicted octanol–water partition coefficient (Wildman–Crippen LogP) is 3.88. The van der Waals surface area contributed by atoms with Gasteiger partial charge < -0.3 is 14.6 Å². The van der Waals surface area contributed by atoms with E-state index in [2.05, 4.69) is 5.32 Å². The predicted molar refractivity (Wildman–Crippen MR) is 98.2 cm³/mol. The van der Waals surface area contributed by atoms with Crippen LogP contribution in [0.1, 0.15) is 51.5 Å². The number of aromatic nitrogens is 1. The van der Waals surface area contributed by atoms with Crippen LogP contribution >= 0.6 is 11.6 Å². The lowest BCUT2D eigenvalue weighted by atomic mass is 10.1. The average molecular weight is 363 g/mol. The fraction of sp³-hybridized carbons (Fsp3) is 0.368. The highest BCUT2D eigenvalue weighted by molar-refractivity contribution is 6.30. The van der Waals surface area contributed by atoms with Crippen molar-refractivity contribution in [3.05, 3.63) is 57.4 Å². The van der Waals surface area contributed by atoms with Gasteiger partial charge in [0.15, 0.2) is 0 Å². The van der Waals surface area contributed by atoms with Crippen molar-refractivity contribution < 1.29 is 14.3 Å². The molecule has 6 heteroatoms. The molecule has 134 valence electrons. The summed E-state index contributed by atoms with van der Waals surface area (Å²) in [5.41, 5.74) is 3.33. The van der Waals surface area contributed by atoms with Gasteiger partial charge in [0.25, 0.3) is 5.91 Å². The van der Waals surface area contributed by atoms with E-state index in [-0.39, 0.29) is 5.91 Å². The Bertz CT molecular complexity index is 779. The molecule has 2 rings (SSSR count). The van der Waals surface area contributed by atoms with Crippen LogP contribution in [0.3, 0.4) is 0 Å². The summed E-state index contributed by atoms with van der Waals surface area (Å²) in [5, 5.41) is 3.56. The third-order valence-electron chi connectivity index (χ3n) is 4.15. The number of ether oxygens (including phenoxy) is 1. The molecule has 5 nitrogen and oxygen atoms in total. The highest BCUT2D eigenvalue weighted by atomic mass is 35.5. The van der Waals surface area contributed by atoms with Crippen LogP contribution in [-0.4, -0.2) is 23.1 Å². The summed E-state index contributed by atoms with van der Waals surface area (Å²) in [4.78, 5) is 24.9. The molecule has 0 bridgehead atoms. The number of rotatable bonds is 6. The molecular formula is C19H23ClN2O3. The second kappa shape index (κ2) is 8.21. The van der Waals surface area contributed by atoms with E-state index in [1.807, 2.05) is 30.5 Å². The number of amides is 1. The summed E-state index contributed by atoms with van der Waals surface area (Å²) >= 11 is 5.87. The number of nitrogens with zero attached hydrogens (tertiary/aromatic N) is 1. The van der Waals surface area contributed by atoms with Crippen LogP contribution in [0.5, 0.6) is 0 Å². The van der Waals surface area contributed by atoms with E-state index in [0.717, 1.165) is 11.3 Å². The van der Waals surface area contributed by atoms with Gasteiger partial charge in [-0.25, -0.2) is 4.79 Å². The van der Waals surface area contributed by atoms with Crippen molar-refractivity contribution in [2.24, 2.45) is 0 Å². The van der Waals surface area contributed by atoms with Gasteiger partial charge in [0.05, 0.1) is 12.2 Å². The van der Waals surface area contributed by atoms with Gasteiger partial charge in [0.2, 0.25) is 0 Å². The highest BCUT2D eigenvalue weighted by Crippen LogP contribution is 2.23. The Morgan fingerprint density at radius 1 is 1.16 bits per heavy atom. The van der Waals surface area contributed by atoms with Crippen molar-refractivity contribution in [3.8, 4) is 0 Å². The zero-order chi connectivity index (χ0) is 18.6. The molecule has 0 aliphatic heterocycles. The average Bonchev–Trinajstić information content (AvgIpc) is 2.84. The van der Waals surface area contributed by atoms with Gasteiger partial charge in [-0.3, -0.25) is 4.79 Å². The van der Waals surface area contributed by atoms with Gasteiger partial charge >= 0.3 is 5.97 Å². The summed E-state index contributed by atoms with van der Waals surface area (Å²) in [7, 11) is 0. The molecule has 0 radical (unpaired) electrons. The van der Waals surface area contributed by atoms with E-state index in [4.69, 9.17) is 16.3 Å². The molecule has 0 spiro atoms. The molecule has 0 atom stereocenters. The Morgan fingerprint density at radius 2 is 1.80 bits per heavy atom. The minimum Gasteiger partial charge on any atom is -0.461 e. The zero-order valence-electron chi connectivity index (χ0n) is 15.0. The first-order valence-corrected chi connectivity index (χ1v) is 8.67. The fourth-order valence-electron chi connectivity index (χ4n) is 2.96. The quantitative estimate of drug-likeness (QED) is 0.793. The highest BCUT2D eigenvalue weighted by Gasteiger charge is 2.26. The number of halogens is 1. The lowest BCUT2D eigenvalue weighted by Crippen LogP contribution is -2.24. The van der Waals surface area contributed by atoms with Crippen molar-refractivity contribution >= 4 is 23.5 Å². The van der Waals surface area contributed by atoms with Gasteiger partial charge in [0, 0.05) is 23.8 Å². The third kappa shape index (κ3) is 4.04. The number of hydrogen-bond acceptors (Lipinski definition) is 3. The number of benzene rings is 1. The Labute approximate surface area is 152 Å². The summed E-state index contributed by atoms with van der Waals surface area (Å²) in [6.45, 7) is 8.60. The maximum absolute atomic E-state index is 12.7. The van der Waals surface area contributed by atoms with Crippen molar-refractivity contribution in [1.82, 2.24) is 9.88 Å². The molecule has 0 saturated carbocycles. The molecule has 25 heavy (non-hydrogen) atoms. The van der Waals surface area contributed by atoms with Crippen LogP contribution in [-0.2, 0) is 17.8 Å². The molecule has 1 N–H and O–H groups in total. The van der Waals surface area contributed by atoms with Crippen molar-refractivity contribution in [2.75, 3.05) is 6.61 Å². The fourth-order valence-corrected chi connectivity index (χ4v) is 3.09. The Kier molecular flexibility index (Phi) is 6.26. The SMILES string of the molecule is CCOC(=O)c1c(C)c(C(=O)NCc2ccc(Cl)cc2)c(C)n1CC. The molecule has 1 amide bonds. The molecule has 1 heterocycles. The lowest BCUT2D eigenvalue weighted by molar-refractivity contribution is 0.0512. The topological polar surface area (TPSA) is 60.3 Å². The maximum atomic E-state index is 12.7. The first-order chi connectivity index (χ1) is 11.9. The minimum absolute atomic E-state index is 0.206. The Hall–Kier alpha value is -2.27. The van der Waals surface area contributed by atoms with Crippen LogP contribution < -0.4 is 5.32 Å². The molecule has 0 unspecified atom stereocenters. The van der Waals surface area contributed by atoms with Crippen LogP contribution in [0.4, 0.5) is 0 Å². The van der Waals surface area contributed by atoms with Gasteiger partial charge in [-0.05, 0) is 51.0 Å². The van der Waals surface area contributed by atoms with Crippen molar-refractivity contribution in [3.63, 3.8) is 0 Å². The maximum Gasteiger partial charge on any atom is 0.355 e. The van der Waals surface area contributed by atoms with Crippen LogP contribution in [0.15, 0.2) is 24.3 Å². The smallest absolute Gasteiger partial charge is 0.355 e. The molecule has 0 aliphatic carbocycles. The summed E-state index contributed by atoms with van der Waals surface area (Å²) in [5.74, 6) is -0.607. The normalized spacial score (nSPS) is 10.6. The second-order valence-electron chi connectivity index (χ2n) is 5.71. The van der Waals surface area contributed by atoms with Crippen molar-refractivity contribution in [2.45, 2.75) is 40.8 Å². The molecule has 0 fully saturated rings. The van der Waals surface area contributed by atoms with Crippen LogP contribution in [0.25, 0.3) is 0 Å². The number of nitrogens with one attached hydrogen (secondary N) is 1. The van der Waals surface area contributed by atoms with Gasteiger partial charge in [-0.15, -0.1) is 0 Å². The Morgan fingerprint density at radius 3 is 2.36 bits per heavy atom. The van der Waals surface area contributed by atoms with Gasteiger partial charge in [-0.2, -0.15) is 0 Å². The molecule has 1 aromatic heterocycles. The van der Waals surface area contributed by atoms with E-state index in [1.54, 1.807) is 26.0 Å². The van der Waals surface area contributed by atoms with Crippen LogP contribution in [0, 0.1) is 13.8 Å². The summed E-state index contributed by atoms with van der Waals surface area (Å²) < 4.78 is 6.96. The van der Waals surface area contributed by atoms with E-state index < -0.39 is 5.97 Å². The number of hydrogen-bond donors (Lipinski definition) is 1. The van der Waals surface area contributed by atoms with Crippen LogP contribution in [0.2, 0.25) is 5.02 Å². The summed E-state index contributed by atoms with van der Waals surface area (Å²) in [6.07, 6.45) is 0. The van der Waals surface area contributed by atoms with E-state index in [0.29, 0.717) is 41.5 Å². The first-order valence-electron chi connectivity index (χ1n) is 8.30. The zero-order valence-corrected chi connectivity index (χ0v) is 15.7. The van der Waals surface area contributed by atoms with E-state index >= 15 is 0 Å². The van der Waals surface area contributed by atoms with Gasteiger partial charge in [-0.1, -0.05) is 23.7 Å². The number of carbonyl (C=O) groups is 2. The Balaban J connectivity index is 2.27. The first kappa shape index (κ1) is 19.1. The lowest BCUT2D eigenvalue weighted by Gasteiger charge is -2.08. The summed E-state index contributed by atoms with van der Waals surface area (Å²) in [6, 6.07) is 7.30. The molecule has 2 aromatic rings. The minimum atomic E-state index is -0.401. The van der Waals surface area contributed by atoms with E-state index in [1.165, 1.54) is 0 Å². The molecule has 0 saturated heterocycles. The van der Waals surface area contributed by atoms with Crippen molar-refractivity contribution in [1.29, 1.82) is 0 Å².